The molecule has 0 spiro atoms. The third-order valence-electron chi connectivity index (χ3n) is 5.65. The molecule has 0 radical (unpaired) electrons. The Morgan fingerprint density at radius 3 is 2.88 bits per heavy atom. The van der Waals surface area contributed by atoms with Crippen LogP contribution >= 0.6 is 0 Å². The maximum Gasteiger partial charge on any atom is 0.209 e. The van der Waals surface area contributed by atoms with Gasteiger partial charge in [-0.3, -0.25) is 4.79 Å². The summed E-state index contributed by atoms with van der Waals surface area (Å²) in [6.45, 7) is 1.54. The minimum atomic E-state index is -0.238. The van der Waals surface area contributed by atoms with Crippen LogP contribution in [0, 0.1) is 11.7 Å². The molecule has 1 unspecified atom stereocenters. The van der Waals surface area contributed by atoms with E-state index in [9.17, 15) is 14.3 Å². The quantitative estimate of drug-likeness (QED) is 0.847. The number of rotatable bonds is 3. The van der Waals surface area contributed by atoms with Crippen molar-refractivity contribution in [3.8, 4) is 0 Å². The van der Waals surface area contributed by atoms with Crippen LogP contribution in [0.2, 0.25) is 0 Å². The first-order valence-corrected chi connectivity index (χ1v) is 8.69. The molecule has 2 aliphatic rings. The van der Waals surface area contributed by atoms with E-state index >= 15 is 0 Å². The number of aromatic nitrogens is 2. The van der Waals surface area contributed by atoms with E-state index < -0.39 is 0 Å². The predicted molar refractivity (Wildman–Crippen MR) is 88.3 cm³/mol. The van der Waals surface area contributed by atoms with Gasteiger partial charge in [0.15, 0.2) is 0 Å². The number of nitrogens with zero attached hydrogens (tertiary/aromatic N) is 2. The van der Waals surface area contributed by atoms with E-state index in [1.54, 1.807) is 4.90 Å². The number of likely N-dealkylation sites (tertiary alicyclic amines) is 1. The van der Waals surface area contributed by atoms with Crippen molar-refractivity contribution in [2.24, 2.45) is 5.92 Å². The first kappa shape index (κ1) is 15.6. The first-order chi connectivity index (χ1) is 11.7. The van der Waals surface area contributed by atoms with Crippen molar-refractivity contribution in [1.29, 1.82) is 0 Å². The van der Waals surface area contributed by atoms with E-state index in [0.717, 1.165) is 60.8 Å². The van der Waals surface area contributed by atoms with Crippen molar-refractivity contribution in [2.75, 3.05) is 19.7 Å². The van der Waals surface area contributed by atoms with Crippen LogP contribution in [0.1, 0.15) is 42.0 Å². The van der Waals surface area contributed by atoms with Crippen LogP contribution in [-0.2, 0) is 17.6 Å². The molecule has 1 saturated heterocycles. The number of hydrogen-bond donors (Lipinski definition) is 2. The number of aliphatic hydroxyl groups is 1. The highest BCUT2D eigenvalue weighted by Gasteiger charge is 2.29. The van der Waals surface area contributed by atoms with Crippen molar-refractivity contribution in [3.05, 3.63) is 28.8 Å². The number of carbonyl (C=O) groups excluding carboxylic acids is 1. The van der Waals surface area contributed by atoms with Gasteiger partial charge in [0.1, 0.15) is 11.5 Å². The standard InChI is InChI=1S/C18H22FN3O2/c19-14-8-20-18-17(13-2-1-11(9-23)7-15(13)21-18)16(14)12-3-5-22(10-24)6-4-12/h8,10-12,23H,1-7,9H2,(H,20,21). The molecule has 1 fully saturated rings. The second kappa shape index (κ2) is 6.16. The highest BCUT2D eigenvalue weighted by Crippen LogP contribution is 2.39. The van der Waals surface area contributed by atoms with Gasteiger partial charge in [-0.1, -0.05) is 0 Å². The number of pyridine rings is 1. The van der Waals surface area contributed by atoms with Gasteiger partial charge in [0.2, 0.25) is 6.41 Å². The van der Waals surface area contributed by atoms with E-state index in [1.165, 1.54) is 11.8 Å². The number of H-pyrrole nitrogens is 1. The largest absolute Gasteiger partial charge is 0.396 e. The molecular weight excluding hydrogens is 309 g/mol. The number of fused-ring (bicyclic) bond motifs is 3. The fourth-order valence-electron chi connectivity index (χ4n) is 4.31. The molecule has 1 aliphatic carbocycles. The molecule has 4 rings (SSSR count). The third kappa shape index (κ3) is 2.49. The van der Waals surface area contributed by atoms with Gasteiger partial charge in [-0.15, -0.1) is 0 Å². The Bertz CT molecular complexity index is 765. The highest BCUT2D eigenvalue weighted by molar-refractivity contribution is 5.86. The summed E-state index contributed by atoms with van der Waals surface area (Å²) in [5.74, 6) is 0.162. The SMILES string of the molecule is O=CN1CCC(c2c(F)cnc3[nH]c4c(c23)CCC(CO)C4)CC1. The number of aliphatic hydroxyl groups excluding tert-OH is 1. The van der Waals surface area contributed by atoms with Gasteiger partial charge >= 0.3 is 0 Å². The smallest absolute Gasteiger partial charge is 0.209 e. The fraction of sp³-hybridized carbons (Fsp3) is 0.556. The van der Waals surface area contributed by atoms with E-state index in [2.05, 4.69) is 9.97 Å². The van der Waals surface area contributed by atoms with Crippen LogP contribution in [0.4, 0.5) is 4.39 Å². The molecule has 1 atom stereocenters. The van der Waals surface area contributed by atoms with Crippen LogP contribution < -0.4 is 0 Å². The van der Waals surface area contributed by atoms with Crippen LogP contribution in [-0.4, -0.2) is 46.1 Å². The van der Waals surface area contributed by atoms with Crippen molar-refractivity contribution < 1.29 is 14.3 Å². The second-order valence-corrected chi connectivity index (χ2v) is 7.03. The highest BCUT2D eigenvalue weighted by atomic mass is 19.1. The lowest BCUT2D eigenvalue weighted by Gasteiger charge is -2.30. The second-order valence-electron chi connectivity index (χ2n) is 7.03. The molecule has 2 aromatic heterocycles. The van der Waals surface area contributed by atoms with Gasteiger partial charge in [-0.05, 0) is 49.5 Å². The average molecular weight is 331 g/mol. The number of halogens is 1. The Kier molecular flexibility index (Phi) is 4.00. The third-order valence-corrected chi connectivity index (χ3v) is 5.65. The number of carbonyl (C=O) groups is 1. The predicted octanol–water partition coefficient (Wildman–Crippen LogP) is 2.13. The molecule has 1 amide bonds. The molecule has 0 aromatic carbocycles. The summed E-state index contributed by atoms with van der Waals surface area (Å²) in [6, 6.07) is 0. The van der Waals surface area contributed by atoms with Crippen LogP contribution in [0.25, 0.3) is 11.0 Å². The zero-order chi connectivity index (χ0) is 16.7. The fourth-order valence-corrected chi connectivity index (χ4v) is 4.31. The molecule has 0 bridgehead atoms. The number of hydrogen-bond acceptors (Lipinski definition) is 3. The number of nitrogens with one attached hydrogen (secondary N) is 1. The normalized spacial score (nSPS) is 21.9. The number of amides is 1. The number of aryl methyl sites for hydroxylation is 1. The molecule has 2 N–H and O–H groups in total. The minimum Gasteiger partial charge on any atom is -0.396 e. The topological polar surface area (TPSA) is 69.2 Å². The molecule has 5 nitrogen and oxygen atoms in total. The lowest BCUT2D eigenvalue weighted by atomic mass is 9.83. The van der Waals surface area contributed by atoms with Gasteiger partial charge in [0, 0.05) is 36.3 Å². The molecule has 2 aromatic rings. The lowest BCUT2D eigenvalue weighted by molar-refractivity contribution is -0.119. The molecule has 6 heteroatoms. The monoisotopic (exact) mass is 331 g/mol. The van der Waals surface area contributed by atoms with Gasteiger partial charge < -0.3 is 15.0 Å². The van der Waals surface area contributed by atoms with E-state index in [-0.39, 0.29) is 24.3 Å². The summed E-state index contributed by atoms with van der Waals surface area (Å²) in [6.07, 6.45) is 6.34. The Labute approximate surface area is 139 Å². The van der Waals surface area contributed by atoms with Crippen molar-refractivity contribution >= 4 is 17.4 Å². The number of aromatic amines is 1. The van der Waals surface area contributed by atoms with Crippen LogP contribution in [0.5, 0.6) is 0 Å². The Balaban J connectivity index is 1.76. The number of piperidine rings is 1. The molecule has 0 saturated carbocycles. The molecule has 24 heavy (non-hydrogen) atoms. The Hall–Kier alpha value is -1.95. The zero-order valence-electron chi connectivity index (χ0n) is 13.6. The molecule has 1 aliphatic heterocycles. The summed E-state index contributed by atoms with van der Waals surface area (Å²) in [5.41, 5.74) is 3.80. The van der Waals surface area contributed by atoms with E-state index in [0.29, 0.717) is 13.1 Å². The average Bonchev–Trinajstić information content (AvgIpc) is 2.99. The van der Waals surface area contributed by atoms with Crippen molar-refractivity contribution in [3.63, 3.8) is 0 Å². The van der Waals surface area contributed by atoms with Gasteiger partial charge in [-0.2, -0.15) is 0 Å². The summed E-state index contributed by atoms with van der Waals surface area (Å²) >= 11 is 0. The van der Waals surface area contributed by atoms with Crippen LogP contribution in [0.15, 0.2) is 6.20 Å². The lowest BCUT2D eigenvalue weighted by Crippen LogP contribution is -2.32. The zero-order valence-corrected chi connectivity index (χ0v) is 13.6. The van der Waals surface area contributed by atoms with Crippen molar-refractivity contribution in [2.45, 2.75) is 38.0 Å². The van der Waals surface area contributed by atoms with Crippen molar-refractivity contribution in [1.82, 2.24) is 14.9 Å². The van der Waals surface area contributed by atoms with E-state index in [4.69, 9.17) is 0 Å². The van der Waals surface area contributed by atoms with Gasteiger partial charge in [-0.25, -0.2) is 9.37 Å². The molecule has 3 heterocycles. The summed E-state index contributed by atoms with van der Waals surface area (Å²) in [7, 11) is 0. The summed E-state index contributed by atoms with van der Waals surface area (Å²) in [5, 5.41) is 10.4. The van der Waals surface area contributed by atoms with Crippen LogP contribution in [0.3, 0.4) is 0 Å². The maximum absolute atomic E-state index is 14.7. The van der Waals surface area contributed by atoms with Gasteiger partial charge in [0.05, 0.1) is 6.20 Å². The summed E-state index contributed by atoms with van der Waals surface area (Å²) in [4.78, 5) is 20.3. The minimum absolute atomic E-state index is 0.127. The molecular formula is C18H22FN3O2. The maximum atomic E-state index is 14.7. The Morgan fingerprint density at radius 1 is 1.38 bits per heavy atom. The molecule has 128 valence electrons. The van der Waals surface area contributed by atoms with E-state index in [1.807, 2.05) is 0 Å². The summed E-state index contributed by atoms with van der Waals surface area (Å²) < 4.78 is 14.7. The first-order valence-electron chi connectivity index (χ1n) is 8.69. The Morgan fingerprint density at radius 2 is 2.17 bits per heavy atom. The van der Waals surface area contributed by atoms with Gasteiger partial charge in [0.25, 0.3) is 0 Å².